The average Bonchev–Trinajstić information content (AvgIpc) is 2.15. The fraction of sp³-hybridized carbons (Fsp3) is 0. The Balaban J connectivity index is 3.58. The summed E-state index contributed by atoms with van der Waals surface area (Å²) in [5.41, 5.74) is -1.24. The molecule has 0 radical (unpaired) electrons. The van der Waals surface area contributed by atoms with Gasteiger partial charge in [-0.3, -0.25) is 0 Å². The first kappa shape index (κ1) is 12.1. The number of carboxylic acid groups (broad SMARTS) is 3. The maximum atomic E-state index is 10.8. The number of benzene rings is 1. The molecule has 0 aliphatic heterocycles. The highest BCUT2D eigenvalue weighted by Gasteiger charge is 2.21. The molecule has 1 aromatic rings. The highest BCUT2D eigenvalue weighted by atomic mass is 31.0. The zero-order valence-corrected chi connectivity index (χ0v) is 8.95. The Morgan fingerprint density at radius 1 is 0.938 bits per heavy atom. The van der Waals surface area contributed by atoms with Crippen LogP contribution >= 0.6 is 9.24 Å². The molecule has 0 aliphatic carbocycles. The smallest absolute Gasteiger partial charge is 0.337 e. The van der Waals surface area contributed by atoms with Gasteiger partial charge in [-0.2, -0.15) is 0 Å². The van der Waals surface area contributed by atoms with Crippen LogP contribution in [0.5, 0.6) is 0 Å². The van der Waals surface area contributed by atoms with Gasteiger partial charge in [-0.05, 0) is 17.4 Å². The summed E-state index contributed by atoms with van der Waals surface area (Å²) in [6.07, 6.45) is 0. The minimum atomic E-state index is -1.48. The van der Waals surface area contributed by atoms with E-state index >= 15 is 0 Å². The summed E-state index contributed by atoms with van der Waals surface area (Å²) in [5.74, 6) is -4.22. The van der Waals surface area contributed by atoms with Gasteiger partial charge < -0.3 is 15.3 Å². The number of carbonyl (C=O) groups is 3. The van der Waals surface area contributed by atoms with Crippen molar-refractivity contribution in [1.29, 1.82) is 0 Å². The topological polar surface area (TPSA) is 112 Å². The second-order valence-corrected chi connectivity index (χ2v) is 3.53. The molecule has 7 heteroatoms. The van der Waals surface area contributed by atoms with Crippen LogP contribution in [0.15, 0.2) is 12.1 Å². The van der Waals surface area contributed by atoms with E-state index in [0.29, 0.717) is 0 Å². The van der Waals surface area contributed by atoms with Gasteiger partial charge in [0.15, 0.2) is 0 Å². The van der Waals surface area contributed by atoms with Gasteiger partial charge in [0.25, 0.3) is 0 Å². The van der Waals surface area contributed by atoms with Crippen LogP contribution in [0.2, 0.25) is 0 Å². The predicted octanol–water partition coefficient (Wildman–Crippen LogP) is 0.282. The van der Waals surface area contributed by atoms with Crippen molar-refractivity contribution >= 4 is 32.5 Å². The Kier molecular flexibility index (Phi) is 3.25. The summed E-state index contributed by atoms with van der Waals surface area (Å²) in [5, 5.41) is 26.3. The van der Waals surface area contributed by atoms with Gasteiger partial charge in [-0.1, -0.05) is 0 Å². The number of hydrogen-bond donors (Lipinski definition) is 3. The molecule has 3 N–H and O–H groups in total. The number of carboxylic acids is 3. The second-order valence-electron chi connectivity index (χ2n) is 2.90. The molecule has 16 heavy (non-hydrogen) atoms. The molecule has 0 fully saturated rings. The quantitative estimate of drug-likeness (QED) is 0.656. The van der Waals surface area contributed by atoms with Crippen LogP contribution < -0.4 is 5.30 Å². The molecule has 0 aromatic heterocycles. The van der Waals surface area contributed by atoms with E-state index in [1.165, 1.54) is 0 Å². The molecule has 84 valence electrons. The van der Waals surface area contributed by atoms with E-state index in [2.05, 4.69) is 0 Å². The minimum absolute atomic E-state index is 0.0183. The van der Waals surface area contributed by atoms with E-state index in [0.717, 1.165) is 12.1 Å². The van der Waals surface area contributed by atoms with Crippen LogP contribution in [-0.4, -0.2) is 33.2 Å². The van der Waals surface area contributed by atoms with Crippen molar-refractivity contribution in [3.63, 3.8) is 0 Å². The maximum Gasteiger partial charge on any atom is 0.337 e. The molecule has 1 rings (SSSR count). The van der Waals surface area contributed by atoms with Crippen LogP contribution in [0.4, 0.5) is 0 Å². The lowest BCUT2D eigenvalue weighted by Gasteiger charge is -2.06. The Labute approximate surface area is 91.7 Å². The highest BCUT2D eigenvalue weighted by Crippen LogP contribution is 2.13. The summed E-state index contributed by atoms with van der Waals surface area (Å²) in [4.78, 5) is 32.3. The first-order valence-corrected chi connectivity index (χ1v) is 4.55. The van der Waals surface area contributed by atoms with E-state index in [1.807, 2.05) is 9.24 Å². The van der Waals surface area contributed by atoms with Gasteiger partial charge in [-0.15, -0.1) is 9.24 Å². The van der Waals surface area contributed by atoms with Crippen molar-refractivity contribution in [1.82, 2.24) is 0 Å². The zero-order valence-electron chi connectivity index (χ0n) is 7.80. The normalized spacial score (nSPS) is 9.81. The largest absolute Gasteiger partial charge is 0.478 e. The van der Waals surface area contributed by atoms with Crippen molar-refractivity contribution in [3.8, 4) is 0 Å². The predicted molar refractivity (Wildman–Crippen MR) is 56.7 cm³/mol. The van der Waals surface area contributed by atoms with Gasteiger partial charge in [-0.25, -0.2) is 14.4 Å². The molecular weight excluding hydrogens is 235 g/mol. The van der Waals surface area contributed by atoms with Crippen molar-refractivity contribution in [2.75, 3.05) is 0 Å². The van der Waals surface area contributed by atoms with Crippen LogP contribution in [0, 0.1) is 0 Å². The van der Waals surface area contributed by atoms with Gasteiger partial charge in [0.2, 0.25) is 0 Å². The van der Waals surface area contributed by atoms with Gasteiger partial charge in [0.05, 0.1) is 16.7 Å². The SMILES string of the molecule is O=C(O)c1cc(P)c(C(=O)O)c(C(=O)O)c1. The molecule has 0 amide bonds. The van der Waals surface area contributed by atoms with Crippen molar-refractivity contribution in [2.45, 2.75) is 0 Å². The summed E-state index contributed by atoms with van der Waals surface area (Å²) in [6, 6.07) is 1.91. The van der Waals surface area contributed by atoms with Crippen LogP contribution in [0.3, 0.4) is 0 Å². The van der Waals surface area contributed by atoms with Gasteiger partial charge in [0.1, 0.15) is 0 Å². The summed E-state index contributed by atoms with van der Waals surface area (Å²) < 4.78 is 0. The molecule has 1 atom stereocenters. The Hall–Kier alpha value is -1.94. The third-order valence-electron chi connectivity index (χ3n) is 1.86. The zero-order chi connectivity index (χ0) is 12.5. The van der Waals surface area contributed by atoms with E-state index < -0.39 is 29.0 Å². The van der Waals surface area contributed by atoms with Crippen LogP contribution in [-0.2, 0) is 0 Å². The number of aromatic carboxylic acids is 3. The van der Waals surface area contributed by atoms with E-state index in [-0.39, 0.29) is 10.9 Å². The highest BCUT2D eigenvalue weighted by molar-refractivity contribution is 7.27. The Morgan fingerprint density at radius 3 is 1.88 bits per heavy atom. The summed E-state index contributed by atoms with van der Waals surface area (Å²) in [6.45, 7) is 0. The molecule has 0 aliphatic rings. The molecular formula is C9H7O6P. The lowest BCUT2D eigenvalue weighted by molar-refractivity contribution is 0.0650. The van der Waals surface area contributed by atoms with E-state index in [4.69, 9.17) is 15.3 Å². The summed E-state index contributed by atoms with van der Waals surface area (Å²) in [7, 11) is 2.01. The minimum Gasteiger partial charge on any atom is -0.478 e. The van der Waals surface area contributed by atoms with Crippen molar-refractivity contribution in [3.05, 3.63) is 28.8 Å². The van der Waals surface area contributed by atoms with Gasteiger partial charge in [0, 0.05) is 0 Å². The average molecular weight is 242 g/mol. The molecule has 6 nitrogen and oxygen atoms in total. The monoisotopic (exact) mass is 242 g/mol. The van der Waals surface area contributed by atoms with Gasteiger partial charge >= 0.3 is 17.9 Å². The Morgan fingerprint density at radius 2 is 1.50 bits per heavy atom. The van der Waals surface area contributed by atoms with Crippen LogP contribution in [0.25, 0.3) is 0 Å². The lowest BCUT2D eigenvalue weighted by atomic mass is 10.0. The molecule has 0 saturated carbocycles. The fourth-order valence-corrected chi connectivity index (χ4v) is 1.65. The second kappa shape index (κ2) is 4.28. The summed E-state index contributed by atoms with van der Waals surface area (Å²) >= 11 is 0. The third kappa shape index (κ3) is 2.17. The molecule has 1 unspecified atom stereocenters. The maximum absolute atomic E-state index is 10.8. The van der Waals surface area contributed by atoms with Crippen molar-refractivity contribution < 1.29 is 29.7 Å². The van der Waals surface area contributed by atoms with Crippen LogP contribution in [0.1, 0.15) is 31.1 Å². The molecule has 0 spiro atoms. The molecule has 0 heterocycles. The first-order chi connectivity index (χ1) is 7.34. The first-order valence-electron chi connectivity index (χ1n) is 3.98. The standard InChI is InChI=1S/C9H7O6P/c10-7(11)3-1-4(8(12)13)6(9(14)15)5(16)2-3/h1-2H,16H2,(H,10,11)(H,12,13)(H,14,15). The molecule has 1 aromatic carbocycles. The number of rotatable bonds is 3. The van der Waals surface area contributed by atoms with Crippen molar-refractivity contribution in [2.24, 2.45) is 0 Å². The van der Waals surface area contributed by atoms with E-state index in [9.17, 15) is 14.4 Å². The molecule has 0 bridgehead atoms. The lowest BCUT2D eigenvalue weighted by Crippen LogP contribution is -2.18. The Bertz CT molecular complexity index is 493. The molecule has 0 saturated heterocycles. The third-order valence-corrected chi connectivity index (χ3v) is 2.32. The fourth-order valence-electron chi connectivity index (χ4n) is 1.20. The number of hydrogen-bond acceptors (Lipinski definition) is 3. The van der Waals surface area contributed by atoms with E-state index in [1.54, 1.807) is 0 Å².